The quantitative estimate of drug-likeness (QED) is 0.258. The van der Waals surface area contributed by atoms with Crippen LogP contribution in [0.15, 0.2) is 0 Å². The van der Waals surface area contributed by atoms with Gasteiger partial charge in [-0.1, -0.05) is 0 Å². The van der Waals surface area contributed by atoms with Crippen LogP contribution in [0.5, 0.6) is 0 Å². The Balaban J connectivity index is 2.40. The highest BCUT2D eigenvalue weighted by Gasteiger charge is 1.60. The van der Waals surface area contributed by atoms with Gasteiger partial charge >= 0.3 is 6.47 Å². The largest absolute Gasteiger partial charge is 0.330 e. The summed E-state index contributed by atoms with van der Waals surface area (Å²) in [5.41, 5.74) is 0. The van der Waals surface area contributed by atoms with Gasteiger partial charge in [0.05, 0.1) is 7.11 Å². The van der Waals surface area contributed by atoms with Crippen LogP contribution >= 0.6 is 0 Å². The SMILES string of the molecule is COOC=O. The maximum absolute atomic E-state index is 9.06. The molecular weight excluding hydrogens is 72.0 g/mol. The summed E-state index contributed by atoms with van der Waals surface area (Å²) in [4.78, 5) is 16.5. The molecule has 0 aromatic rings. The van der Waals surface area contributed by atoms with Gasteiger partial charge in [0.1, 0.15) is 0 Å². The standard InChI is InChI=1S/C2H4O3/c1-4-5-2-3/h2H,1H3. The van der Waals surface area contributed by atoms with Gasteiger partial charge in [-0.3, -0.25) is 4.79 Å². The summed E-state index contributed by atoms with van der Waals surface area (Å²) < 4.78 is 0. The van der Waals surface area contributed by atoms with Gasteiger partial charge in [-0.15, -0.1) is 0 Å². The molecule has 0 spiro atoms. The van der Waals surface area contributed by atoms with E-state index in [0.717, 1.165) is 0 Å². The average Bonchev–Trinajstić information content (AvgIpc) is 1.41. The van der Waals surface area contributed by atoms with Crippen molar-refractivity contribution in [1.82, 2.24) is 0 Å². The molecule has 0 amide bonds. The molecule has 0 rings (SSSR count). The first-order chi connectivity index (χ1) is 2.41. The molecule has 0 aliphatic carbocycles. The predicted molar refractivity (Wildman–Crippen MR) is 14.2 cm³/mol. The molecule has 5 heavy (non-hydrogen) atoms. The van der Waals surface area contributed by atoms with E-state index in [4.69, 9.17) is 4.79 Å². The van der Waals surface area contributed by atoms with E-state index in [1.165, 1.54) is 7.11 Å². The first kappa shape index (κ1) is 4.43. The lowest BCUT2D eigenvalue weighted by molar-refractivity contribution is -0.240. The summed E-state index contributed by atoms with van der Waals surface area (Å²) in [5.74, 6) is 0. The Morgan fingerprint density at radius 3 is 2.40 bits per heavy atom. The highest BCUT2D eigenvalue weighted by atomic mass is 17.2. The van der Waals surface area contributed by atoms with Gasteiger partial charge in [0, 0.05) is 0 Å². The summed E-state index contributed by atoms with van der Waals surface area (Å²) >= 11 is 0. The van der Waals surface area contributed by atoms with E-state index in [2.05, 4.69) is 9.78 Å². The molecule has 0 heterocycles. The van der Waals surface area contributed by atoms with Crippen LogP contribution in [0.4, 0.5) is 0 Å². The van der Waals surface area contributed by atoms with E-state index >= 15 is 0 Å². The van der Waals surface area contributed by atoms with Gasteiger partial charge in [0.15, 0.2) is 0 Å². The Kier molecular flexibility index (Phi) is 3.04. The molecule has 3 nitrogen and oxygen atoms in total. The Labute approximate surface area is 29.4 Å². The minimum atomic E-state index is 0.208. The summed E-state index contributed by atoms with van der Waals surface area (Å²) in [7, 11) is 1.26. The molecular formula is C2H4O3. The van der Waals surface area contributed by atoms with Gasteiger partial charge in [-0.25, -0.2) is 0 Å². The second kappa shape index (κ2) is 3.43. The number of carbonyl (C=O) groups excluding carboxylic acids is 1. The number of hydrogen-bond donors (Lipinski definition) is 0. The summed E-state index contributed by atoms with van der Waals surface area (Å²) in [6, 6.07) is 0. The summed E-state index contributed by atoms with van der Waals surface area (Å²) in [6.07, 6.45) is 0. The molecule has 0 bridgehead atoms. The Morgan fingerprint density at radius 2 is 2.40 bits per heavy atom. The minimum absolute atomic E-state index is 0.208. The van der Waals surface area contributed by atoms with Crippen molar-refractivity contribution in [2.24, 2.45) is 0 Å². The molecule has 0 aliphatic heterocycles. The fourth-order valence-electron chi connectivity index (χ4n) is 0.0393. The maximum atomic E-state index is 9.06. The van der Waals surface area contributed by atoms with E-state index in [0.29, 0.717) is 0 Å². The zero-order valence-corrected chi connectivity index (χ0v) is 2.80. The molecule has 0 saturated heterocycles. The zero-order chi connectivity index (χ0) is 4.12. The topological polar surface area (TPSA) is 35.5 Å². The van der Waals surface area contributed by atoms with E-state index in [9.17, 15) is 0 Å². The first-order valence-electron chi connectivity index (χ1n) is 1.05. The van der Waals surface area contributed by atoms with E-state index < -0.39 is 0 Å². The van der Waals surface area contributed by atoms with Gasteiger partial charge < -0.3 is 4.89 Å². The van der Waals surface area contributed by atoms with Crippen LogP contribution < -0.4 is 0 Å². The predicted octanol–water partition coefficient (Wildman–Crippen LogP) is -0.279. The molecule has 0 aliphatic rings. The summed E-state index contributed by atoms with van der Waals surface area (Å²) in [5, 5.41) is 0. The van der Waals surface area contributed by atoms with Crippen LogP contribution in [0.3, 0.4) is 0 Å². The van der Waals surface area contributed by atoms with Crippen LogP contribution in [0.1, 0.15) is 0 Å². The molecule has 0 unspecified atom stereocenters. The Hall–Kier alpha value is -0.570. The Morgan fingerprint density at radius 1 is 1.80 bits per heavy atom. The fraction of sp³-hybridized carbons (Fsp3) is 0.500. The minimum Gasteiger partial charge on any atom is -0.302 e. The van der Waals surface area contributed by atoms with Crippen LogP contribution in [0, 0.1) is 0 Å². The number of hydrogen-bond acceptors (Lipinski definition) is 3. The molecule has 0 fully saturated rings. The van der Waals surface area contributed by atoms with Crippen molar-refractivity contribution in [3.8, 4) is 0 Å². The van der Waals surface area contributed by atoms with Gasteiger partial charge in [0.25, 0.3) is 0 Å². The molecule has 0 aromatic heterocycles. The lowest BCUT2D eigenvalue weighted by atomic mass is 11.6. The van der Waals surface area contributed by atoms with Crippen molar-refractivity contribution in [3.05, 3.63) is 0 Å². The second-order valence-corrected chi connectivity index (χ2v) is 0.359. The maximum Gasteiger partial charge on any atom is 0.330 e. The van der Waals surface area contributed by atoms with Crippen LogP contribution in [0.25, 0.3) is 0 Å². The third-order valence-electron chi connectivity index (χ3n) is 0.136. The average molecular weight is 76.1 g/mol. The van der Waals surface area contributed by atoms with Crippen LogP contribution in [0.2, 0.25) is 0 Å². The third-order valence-corrected chi connectivity index (χ3v) is 0.136. The molecule has 3 heteroatoms. The van der Waals surface area contributed by atoms with Crippen LogP contribution in [-0.2, 0) is 14.6 Å². The lowest BCUT2D eigenvalue weighted by Crippen LogP contribution is -1.80. The van der Waals surface area contributed by atoms with E-state index in [1.54, 1.807) is 0 Å². The second-order valence-electron chi connectivity index (χ2n) is 0.359. The van der Waals surface area contributed by atoms with Crippen molar-refractivity contribution < 1.29 is 14.6 Å². The van der Waals surface area contributed by atoms with Crippen molar-refractivity contribution in [3.63, 3.8) is 0 Å². The molecule has 0 saturated carbocycles. The van der Waals surface area contributed by atoms with Gasteiger partial charge in [0.2, 0.25) is 0 Å². The fourth-order valence-corrected chi connectivity index (χ4v) is 0.0393. The lowest BCUT2D eigenvalue weighted by Gasteiger charge is -1.79. The van der Waals surface area contributed by atoms with E-state index in [1.807, 2.05) is 0 Å². The smallest absolute Gasteiger partial charge is 0.302 e. The number of rotatable bonds is 2. The van der Waals surface area contributed by atoms with Gasteiger partial charge in [-0.2, -0.15) is 4.89 Å². The zero-order valence-electron chi connectivity index (χ0n) is 2.80. The summed E-state index contributed by atoms with van der Waals surface area (Å²) in [6.45, 7) is 0.208. The Bertz CT molecular complexity index is 26.1. The van der Waals surface area contributed by atoms with Crippen molar-refractivity contribution in [2.45, 2.75) is 0 Å². The van der Waals surface area contributed by atoms with Crippen molar-refractivity contribution in [2.75, 3.05) is 7.11 Å². The van der Waals surface area contributed by atoms with Gasteiger partial charge in [-0.05, 0) is 0 Å². The molecule has 0 radical (unpaired) electrons. The molecule has 30 valence electrons. The van der Waals surface area contributed by atoms with E-state index in [-0.39, 0.29) is 6.47 Å². The van der Waals surface area contributed by atoms with Crippen molar-refractivity contribution >= 4 is 6.47 Å². The molecule has 0 N–H and O–H groups in total. The third kappa shape index (κ3) is 3.43. The normalized spacial score (nSPS) is 6.60. The number of carbonyl (C=O) groups is 1. The highest BCUT2D eigenvalue weighted by Crippen LogP contribution is 1.55. The van der Waals surface area contributed by atoms with Crippen molar-refractivity contribution in [1.29, 1.82) is 0 Å². The first-order valence-corrected chi connectivity index (χ1v) is 1.05. The monoisotopic (exact) mass is 76.0 g/mol. The van der Waals surface area contributed by atoms with Crippen LogP contribution in [-0.4, -0.2) is 13.6 Å². The molecule has 0 aromatic carbocycles. The molecule has 0 atom stereocenters. The highest BCUT2D eigenvalue weighted by molar-refractivity contribution is 5.35.